The Morgan fingerprint density at radius 3 is 2.43 bits per heavy atom. The van der Waals surface area contributed by atoms with Gasteiger partial charge in [0.15, 0.2) is 0 Å². The summed E-state index contributed by atoms with van der Waals surface area (Å²) in [5.74, 6) is 0.827. The summed E-state index contributed by atoms with van der Waals surface area (Å²) in [4.78, 5) is 17.2. The molecule has 2 aliphatic rings. The number of carbonyl (C=O) groups is 1. The van der Waals surface area contributed by atoms with Gasteiger partial charge in [0.1, 0.15) is 5.82 Å². The van der Waals surface area contributed by atoms with Crippen molar-refractivity contribution >= 4 is 11.7 Å². The third-order valence-corrected chi connectivity index (χ3v) is 6.58. The molecule has 0 saturated heterocycles. The highest BCUT2D eigenvalue weighted by Gasteiger charge is 2.58. The smallest absolute Gasteiger partial charge is 0.383 e. The van der Waals surface area contributed by atoms with Crippen LogP contribution in [0, 0.1) is 11.8 Å². The topological polar surface area (TPSA) is 77.0 Å². The van der Waals surface area contributed by atoms with Gasteiger partial charge in [-0.15, -0.1) is 0 Å². The van der Waals surface area contributed by atoms with Crippen molar-refractivity contribution in [2.45, 2.75) is 57.8 Å². The molecular formula is C21H26F3N5O. The van der Waals surface area contributed by atoms with Crippen molar-refractivity contribution in [3.63, 3.8) is 0 Å². The first-order valence-corrected chi connectivity index (χ1v) is 10.1. The Labute approximate surface area is 173 Å². The summed E-state index contributed by atoms with van der Waals surface area (Å²) in [7, 11) is 1.84. The molecule has 30 heavy (non-hydrogen) atoms. The molecule has 9 heteroatoms. The second kappa shape index (κ2) is 6.99. The second-order valence-corrected chi connectivity index (χ2v) is 8.76. The predicted molar refractivity (Wildman–Crippen MR) is 106 cm³/mol. The molecule has 0 aliphatic heterocycles. The fourth-order valence-electron chi connectivity index (χ4n) is 4.88. The molecule has 2 N–H and O–H groups in total. The number of pyridine rings is 1. The SMILES string of the molecule is CC(=O)N(C)C1C[C@@H]2[C@H](C1)[C@@H]2c1cc(-c2cnc(N)c(C(F)(F)F)c2)nn1C(C)C. The molecule has 4 rings (SSSR count). The van der Waals surface area contributed by atoms with Crippen molar-refractivity contribution in [1.82, 2.24) is 19.7 Å². The van der Waals surface area contributed by atoms with Crippen LogP contribution in [0.15, 0.2) is 18.3 Å². The van der Waals surface area contributed by atoms with Crippen LogP contribution in [-0.4, -0.2) is 38.7 Å². The molecule has 2 aliphatic carbocycles. The van der Waals surface area contributed by atoms with Crippen LogP contribution in [0.25, 0.3) is 11.3 Å². The van der Waals surface area contributed by atoms with Gasteiger partial charge in [-0.25, -0.2) is 4.98 Å². The van der Waals surface area contributed by atoms with Gasteiger partial charge >= 0.3 is 6.18 Å². The van der Waals surface area contributed by atoms with E-state index >= 15 is 0 Å². The average Bonchev–Trinajstić information content (AvgIpc) is 3.02. The van der Waals surface area contributed by atoms with Gasteiger partial charge in [0, 0.05) is 49.4 Å². The Hall–Kier alpha value is -2.58. The number of nitrogen functional groups attached to an aromatic ring is 1. The first kappa shape index (κ1) is 20.7. The van der Waals surface area contributed by atoms with E-state index in [0.29, 0.717) is 29.0 Å². The van der Waals surface area contributed by atoms with E-state index in [9.17, 15) is 18.0 Å². The molecule has 1 amide bonds. The van der Waals surface area contributed by atoms with Crippen molar-refractivity contribution < 1.29 is 18.0 Å². The largest absolute Gasteiger partial charge is 0.419 e. The monoisotopic (exact) mass is 421 g/mol. The zero-order valence-corrected chi connectivity index (χ0v) is 17.4. The molecule has 2 aromatic heterocycles. The third-order valence-electron chi connectivity index (χ3n) is 6.58. The van der Waals surface area contributed by atoms with E-state index in [2.05, 4.69) is 10.1 Å². The number of amides is 1. The molecule has 0 bridgehead atoms. The van der Waals surface area contributed by atoms with Gasteiger partial charge in [-0.3, -0.25) is 9.48 Å². The Morgan fingerprint density at radius 1 is 1.27 bits per heavy atom. The van der Waals surface area contributed by atoms with Gasteiger partial charge in [-0.2, -0.15) is 18.3 Å². The lowest BCUT2D eigenvalue weighted by Crippen LogP contribution is -2.34. The fourth-order valence-corrected chi connectivity index (χ4v) is 4.88. The number of anilines is 1. The summed E-state index contributed by atoms with van der Waals surface area (Å²) in [6, 6.07) is 3.25. The van der Waals surface area contributed by atoms with Gasteiger partial charge in [0.05, 0.1) is 11.3 Å². The van der Waals surface area contributed by atoms with Gasteiger partial charge in [0.2, 0.25) is 5.91 Å². The number of alkyl halides is 3. The molecule has 0 aromatic carbocycles. The summed E-state index contributed by atoms with van der Waals surface area (Å²) >= 11 is 0. The molecule has 2 saturated carbocycles. The van der Waals surface area contributed by atoms with Gasteiger partial charge in [-0.05, 0) is 50.7 Å². The van der Waals surface area contributed by atoms with Crippen LogP contribution in [-0.2, 0) is 11.0 Å². The number of rotatable bonds is 4. The van der Waals surface area contributed by atoms with Gasteiger partial charge in [-0.1, -0.05) is 0 Å². The van der Waals surface area contributed by atoms with Crippen LogP contribution < -0.4 is 5.73 Å². The molecule has 2 aromatic rings. The minimum Gasteiger partial charge on any atom is -0.383 e. The summed E-state index contributed by atoms with van der Waals surface area (Å²) in [6.07, 6.45) is -1.33. The highest BCUT2D eigenvalue weighted by molar-refractivity contribution is 5.73. The number of halogens is 3. The van der Waals surface area contributed by atoms with E-state index in [-0.39, 0.29) is 18.0 Å². The lowest BCUT2D eigenvalue weighted by Gasteiger charge is -2.25. The maximum atomic E-state index is 13.2. The highest BCUT2D eigenvalue weighted by atomic mass is 19.4. The Morgan fingerprint density at radius 2 is 1.90 bits per heavy atom. The van der Waals surface area contributed by atoms with E-state index < -0.39 is 17.6 Å². The molecule has 0 radical (unpaired) electrons. The fraction of sp³-hybridized carbons (Fsp3) is 0.571. The summed E-state index contributed by atoms with van der Waals surface area (Å²) in [5.41, 5.74) is 6.31. The molecule has 1 unspecified atom stereocenters. The van der Waals surface area contributed by atoms with Gasteiger partial charge < -0.3 is 10.6 Å². The minimum absolute atomic E-state index is 0.0728. The second-order valence-electron chi connectivity index (χ2n) is 8.76. The molecule has 0 spiro atoms. The van der Waals surface area contributed by atoms with E-state index in [1.807, 2.05) is 36.5 Å². The molecule has 162 valence electrons. The molecule has 6 nitrogen and oxygen atoms in total. The van der Waals surface area contributed by atoms with Gasteiger partial charge in [0.25, 0.3) is 0 Å². The maximum Gasteiger partial charge on any atom is 0.419 e. The number of carbonyl (C=O) groups excluding carboxylic acids is 1. The molecular weight excluding hydrogens is 395 g/mol. The van der Waals surface area contributed by atoms with Crippen LogP contribution in [0.1, 0.15) is 56.8 Å². The summed E-state index contributed by atoms with van der Waals surface area (Å²) in [5, 5.41) is 4.61. The van der Waals surface area contributed by atoms with Crippen molar-refractivity contribution in [3.05, 3.63) is 29.6 Å². The standard InChI is InChI=1S/C21H26F3N5O/c1-10(2)29-18(19-14-6-13(7-15(14)19)28(4)11(3)30)8-17(27-29)12-5-16(21(22,23)24)20(25)26-9-12/h5,8-10,13-15,19H,6-7H2,1-4H3,(H2,25,26)/t13?,14-,15+,19-. The first-order valence-electron chi connectivity index (χ1n) is 10.1. The maximum absolute atomic E-state index is 13.2. The molecule has 2 heterocycles. The van der Waals surface area contributed by atoms with Crippen molar-refractivity contribution in [2.75, 3.05) is 12.8 Å². The van der Waals surface area contributed by atoms with Crippen LogP contribution >= 0.6 is 0 Å². The van der Waals surface area contributed by atoms with Crippen molar-refractivity contribution in [2.24, 2.45) is 11.8 Å². The van der Waals surface area contributed by atoms with E-state index in [4.69, 9.17) is 5.73 Å². The number of nitrogens with two attached hydrogens (primary N) is 1. The van der Waals surface area contributed by atoms with Crippen LogP contribution in [0.2, 0.25) is 0 Å². The van der Waals surface area contributed by atoms with E-state index in [1.165, 1.54) is 6.20 Å². The Kier molecular flexibility index (Phi) is 4.82. The summed E-state index contributed by atoms with van der Waals surface area (Å²) in [6.45, 7) is 5.59. The number of hydrogen-bond donors (Lipinski definition) is 1. The number of aromatic nitrogens is 3. The average molecular weight is 421 g/mol. The van der Waals surface area contributed by atoms with Crippen LogP contribution in [0.5, 0.6) is 0 Å². The van der Waals surface area contributed by atoms with Crippen molar-refractivity contribution in [3.8, 4) is 11.3 Å². The zero-order chi connectivity index (χ0) is 22.0. The lowest BCUT2D eigenvalue weighted by atomic mass is 10.0. The normalized spacial score (nSPS) is 25.5. The Balaban J connectivity index is 1.62. The Bertz CT molecular complexity index is 972. The van der Waals surface area contributed by atoms with E-state index in [1.54, 1.807) is 6.92 Å². The third kappa shape index (κ3) is 3.44. The van der Waals surface area contributed by atoms with Crippen LogP contribution in [0.3, 0.4) is 0 Å². The predicted octanol–water partition coefficient (Wildman–Crippen LogP) is 4.10. The number of fused-ring (bicyclic) bond motifs is 1. The van der Waals surface area contributed by atoms with Crippen molar-refractivity contribution in [1.29, 1.82) is 0 Å². The molecule has 2 fully saturated rings. The zero-order valence-electron chi connectivity index (χ0n) is 17.4. The van der Waals surface area contributed by atoms with Crippen LogP contribution in [0.4, 0.5) is 19.0 Å². The minimum atomic E-state index is -4.57. The van der Waals surface area contributed by atoms with E-state index in [0.717, 1.165) is 24.6 Å². The highest BCUT2D eigenvalue weighted by Crippen LogP contribution is 2.64. The first-order chi connectivity index (χ1) is 14.0. The lowest BCUT2D eigenvalue weighted by molar-refractivity contribution is -0.137. The molecule has 4 atom stereocenters. The number of nitrogens with zero attached hydrogens (tertiary/aromatic N) is 4. The number of hydrogen-bond acceptors (Lipinski definition) is 4. The summed E-state index contributed by atoms with van der Waals surface area (Å²) < 4.78 is 41.6. The quantitative estimate of drug-likeness (QED) is 0.807.